The first kappa shape index (κ1) is 10.1. The van der Waals surface area contributed by atoms with Gasteiger partial charge in [-0.3, -0.25) is 5.10 Å². The number of nitrogens with one attached hydrogen (secondary N) is 1. The van der Waals surface area contributed by atoms with Crippen molar-refractivity contribution in [3.05, 3.63) is 46.2 Å². The molecule has 0 saturated carbocycles. The molecule has 0 aliphatic heterocycles. The van der Waals surface area contributed by atoms with Crippen LogP contribution in [0.25, 0.3) is 11.1 Å². The van der Waals surface area contributed by atoms with E-state index in [2.05, 4.69) is 42.2 Å². The molecule has 0 radical (unpaired) electrons. The van der Waals surface area contributed by atoms with Gasteiger partial charge >= 0.3 is 0 Å². The Kier molecular flexibility index (Phi) is 2.64. The molecule has 0 spiro atoms. The molecule has 76 valence electrons. The van der Waals surface area contributed by atoms with Crippen molar-refractivity contribution in [2.45, 2.75) is 13.8 Å². The zero-order valence-corrected chi connectivity index (χ0v) is 9.56. The third kappa shape index (κ3) is 2.13. The van der Waals surface area contributed by atoms with E-state index in [4.69, 9.17) is 12.2 Å². The predicted octanol–water partition coefficient (Wildman–Crippen LogP) is 3.42. The summed E-state index contributed by atoms with van der Waals surface area (Å²) in [4.78, 5) is 0. The van der Waals surface area contributed by atoms with Gasteiger partial charge in [-0.15, -0.1) is 0 Å². The molecule has 0 amide bonds. The van der Waals surface area contributed by atoms with E-state index in [-0.39, 0.29) is 0 Å². The summed E-state index contributed by atoms with van der Waals surface area (Å²) in [6, 6.07) is 8.28. The molecule has 1 heterocycles. The zero-order chi connectivity index (χ0) is 10.8. The average Bonchev–Trinajstić information content (AvgIpc) is 2.22. The number of aromatic nitrogens is 2. The number of aryl methyl sites for hydroxylation is 2. The summed E-state index contributed by atoms with van der Waals surface area (Å²) in [6.07, 6.45) is 1.79. The van der Waals surface area contributed by atoms with Crippen molar-refractivity contribution in [2.24, 2.45) is 0 Å². The van der Waals surface area contributed by atoms with Gasteiger partial charge < -0.3 is 0 Å². The maximum atomic E-state index is 5.04. The van der Waals surface area contributed by atoms with Crippen LogP contribution in [-0.4, -0.2) is 10.2 Å². The first-order chi connectivity index (χ1) is 7.16. The van der Waals surface area contributed by atoms with Gasteiger partial charge in [0.05, 0.1) is 6.20 Å². The standard InChI is InChI=1S/C12H12N2S/c1-8-3-4-10(5-9(8)2)11-6-12(15)14-13-7-11/h3-7H,1-2H3,(H,14,15). The first-order valence-electron chi connectivity index (χ1n) is 4.79. The number of nitrogens with zero attached hydrogens (tertiary/aromatic N) is 1. The van der Waals surface area contributed by atoms with Gasteiger partial charge in [0.25, 0.3) is 0 Å². The lowest BCUT2D eigenvalue weighted by molar-refractivity contribution is 1.02. The molecule has 1 aromatic heterocycles. The molecule has 2 rings (SSSR count). The van der Waals surface area contributed by atoms with Crippen LogP contribution >= 0.6 is 12.2 Å². The second-order valence-electron chi connectivity index (χ2n) is 3.63. The van der Waals surface area contributed by atoms with Gasteiger partial charge in [-0.25, -0.2) is 0 Å². The second kappa shape index (κ2) is 3.95. The lowest BCUT2D eigenvalue weighted by atomic mass is 10.0. The van der Waals surface area contributed by atoms with E-state index in [1.54, 1.807) is 6.20 Å². The smallest absolute Gasteiger partial charge is 0.120 e. The molecule has 1 aromatic carbocycles. The second-order valence-corrected chi connectivity index (χ2v) is 4.07. The maximum Gasteiger partial charge on any atom is 0.120 e. The molecule has 0 aliphatic carbocycles. The van der Waals surface area contributed by atoms with Crippen LogP contribution in [0.1, 0.15) is 11.1 Å². The number of hydrogen-bond acceptors (Lipinski definition) is 2. The summed E-state index contributed by atoms with van der Waals surface area (Å²) in [6.45, 7) is 4.21. The lowest BCUT2D eigenvalue weighted by Gasteiger charge is -2.04. The molecule has 3 heteroatoms. The van der Waals surface area contributed by atoms with Gasteiger partial charge in [0.15, 0.2) is 0 Å². The predicted molar refractivity (Wildman–Crippen MR) is 64.3 cm³/mol. The molecule has 0 bridgehead atoms. The highest BCUT2D eigenvalue weighted by molar-refractivity contribution is 7.71. The lowest BCUT2D eigenvalue weighted by Crippen LogP contribution is -1.86. The number of aromatic amines is 1. The Morgan fingerprint density at radius 3 is 2.53 bits per heavy atom. The van der Waals surface area contributed by atoms with Crippen molar-refractivity contribution in [3.63, 3.8) is 0 Å². The van der Waals surface area contributed by atoms with Crippen molar-refractivity contribution in [1.82, 2.24) is 10.2 Å². The van der Waals surface area contributed by atoms with Gasteiger partial charge in [-0.1, -0.05) is 30.4 Å². The highest BCUT2D eigenvalue weighted by Crippen LogP contribution is 2.20. The molecular formula is C12H12N2S. The molecule has 0 atom stereocenters. The summed E-state index contributed by atoms with van der Waals surface area (Å²) in [5, 5.41) is 6.72. The fourth-order valence-electron chi connectivity index (χ4n) is 1.46. The van der Waals surface area contributed by atoms with Crippen molar-refractivity contribution in [2.75, 3.05) is 0 Å². The van der Waals surface area contributed by atoms with Crippen LogP contribution in [0, 0.1) is 18.5 Å². The Morgan fingerprint density at radius 1 is 1.07 bits per heavy atom. The van der Waals surface area contributed by atoms with E-state index in [1.165, 1.54) is 11.1 Å². The van der Waals surface area contributed by atoms with Crippen molar-refractivity contribution >= 4 is 12.2 Å². The third-order valence-electron chi connectivity index (χ3n) is 2.51. The highest BCUT2D eigenvalue weighted by Gasteiger charge is 1.99. The van der Waals surface area contributed by atoms with Crippen molar-refractivity contribution < 1.29 is 0 Å². The monoisotopic (exact) mass is 216 g/mol. The van der Waals surface area contributed by atoms with Crippen molar-refractivity contribution in [1.29, 1.82) is 0 Å². The van der Waals surface area contributed by atoms with Gasteiger partial charge in [-0.05, 0) is 36.6 Å². The molecule has 0 aliphatic rings. The normalized spacial score (nSPS) is 10.3. The average molecular weight is 216 g/mol. The van der Waals surface area contributed by atoms with Crippen molar-refractivity contribution in [3.8, 4) is 11.1 Å². The van der Waals surface area contributed by atoms with E-state index in [1.807, 2.05) is 6.07 Å². The molecule has 0 saturated heterocycles. The molecule has 0 fully saturated rings. The molecule has 15 heavy (non-hydrogen) atoms. The minimum absolute atomic E-state index is 0.658. The maximum absolute atomic E-state index is 5.04. The Morgan fingerprint density at radius 2 is 1.87 bits per heavy atom. The Bertz CT molecular complexity index is 543. The Hall–Kier alpha value is -1.48. The summed E-state index contributed by atoms with van der Waals surface area (Å²) in [5.41, 5.74) is 4.80. The van der Waals surface area contributed by atoms with E-state index < -0.39 is 0 Å². The van der Waals surface area contributed by atoms with Crippen LogP contribution in [0.3, 0.4) is 0 Å². The van der Waals surface area contributed by atoms with Gasteiger partial charge in [0, 0.05) is 5.56 Å². The summed E-state index contributed by atoms with van der Waals surface area (Å²) >= 11 is 5.04. The number of benzene rings is 1. The minimum Gasteiger partial charge on any atom is -0.268 e. The molecule has 1 N–H and O–H groups in total. The van der Waals surface area contributed by atoms with Crippen LogP contribution in [-0.2, 0) is 0 Å². The van der Waals surface area contributed by atoms with Crippen LogP contribution in [0.2, 0.25) is 0 Å². The SMILES string of the molecule is Cc1ccc(-c2cn[nH]c(=S)c2)cc1C. The number of hydrogen-bond donors (Lipinski definition) is 1. The number of H-pyrrole nitrogens is 1. The summed E-state index contributed by atoms with van der Waals surface area (Å²) in [5.74, 6) is 0. The molecular weight excluding hydrogens is 204 g/mol. The van der Waals surface area contributed by atoms with E-state index in [9.17, 15) is 0 Å². The van der Waals surface area contributed by atoms with Gasteiger partial charge in [0.2, 0.25) is 0 Å². The van der Waals surface area contributed by atoms with Gasteiger partial charge in [-0.2, -0.15) is 5.10 Å². The van der Waals surface area contributed by atoms with Crippen LogP contribution < -0.4 is 0 Å². The first-order valence-corrected chi connectivity index (χ1v) is 5.20. The largest absolute Gasteiger partial charge is 0.268 e. The zero-order valence-electron chi connectivity index (χ0n) is 8.74. The van der Waals surface area contributed by atoms with Crippen LogP contribution in [0.15, 0.2) is 30.5 Å². The quantitative estimate of drug-likeness (QED) is 0.740. The fourth-order valence-corrected chi connectivity index (χ4v) is 1.63. The van der Waals surface area contributed by atoms with Crippen LogP contribution in [0.5, 0.6) is 0 Å². The highest BCUT2D eigenvalue weighted by atomic mass is 32.1. The number of rotatable bonds is 1. The van der Waals surface area contributed by atoms with Gasteiger partial charge in [0.1, 0.15) is 4.64 Å². The molecule has 0 unspecified atom stereocenters. The Balaban J connectivity index is 2.55. The molecule has 2 nitrogen and oxygen atoms in total. The molecule has 2 aromatic rings. The fraction of sp³-hybridized carbons (Fsp3) is 0.167. The van der Waals surface area contributed by atoms with E-state index in [0.29, 0.717) is 4.64 Å². The topological polar surface area (TPSA) is 28.7 Å². The third-order valence-corrected chi connectivity index (χ3v) is 2.71. The summed E-state index contributed by atoms with van der Waals surface area (Å²) < 4.78 is 0.658. The Labute approximate surface area is 94.0 Å². The van der Waals surface area contributed by atoms with E-state index >= 15 is 0 Å². The van der Waals surface area contributed by atoms with E-state index in [0.717, 1.165) is 11.1 Å². The van der Waals surface area contributed by atoms with Crippen LogP contribution in [0.4, 0.5) is 0 Å². The minimum atomic E-state index is 0.658. The summed E-state index contributed by atoms with van der Waals surface area (Å²) in [7, 11) is 0.